The van der Waals surface area contributed by atoms with Crippen LogP contribution in [0.25, 0.3) is 116 Å². The molecular weight excluding hydrogens is 709 g/mol. The topological polar surface area (TPSA) is 56.7 Å². The van der Waals surface area contributed by atoms with Gasteiger partial charge in [0.2, 0.25) is 0 Å². The van der Waals surface area contributed by atoms with Crippen LogP contribution in [-0.2, 0) is 0 Å². The molecule has 0 aliphatic carbocycles. The molecule has 0 N–H and O–H groups in total. The molecule has 12 rings (SSSR count). The minimum absolute atomic E-state index is 0.623. The molecule has 0 unspecified atom stereocenters. The van der Waals surface area contributed by atoms with Crippen molar-refractivity contribution in [3.05, 3.63) is 194 Å². The lowest BCUT2D eigenvalue weighted by Crippen LogP contribution is -2.00. The first-order valence-corrected chi connectivity index (χ1v) is 19.5. The van der Waals surface area contributed by atoms with E-state index in [-0.39, 0.29) is 0 Å². The standard InChI is InChI=1S/C53H32N4O/c1-3-15-36(16-4-1)51-54-52(37-17-5-2-6-18-37)56-53(55-51)38-25-23-33(24-26-38)39-31-45(48-42-21-11-12-22-46(42)58-47(48)32-39)57-43-29-27-34-13-7-9-19-40(34)49(43)50-41-20-10-8-14-35(41)28-30-44(50)57/h1-32H. The second-order valence-corrected chi connectivity index (χ2v) is 14.8. The Morgan fingerprint density at radius 3 is 1.36 bits per heavy atom. The van der Waals surface area contributed by atoms with Crippen molar-refractivity contribution in [2.24, 2.45) is 0 Å². The Morgan fingerprint density at radius 1 is 0.328 bits per heavy atom. The zero-order valence-electron chi connectivity index (χ0n) is 31.2. The van der Waals surface area contributed by atoms with Gasteiger partial charge in [-0.1, -0.05) is 164 Å². The molecule has 0 saturated heterocycles. The van der Waals surface area contributed by atoms with Gasteiger partial charge in [0.15, 0.2) is 17.5 Å². The van der Waals surface area contributed by atoms with Gasteiger partial charge in [-0.25, -0.2) is 15.0 Å². The van der Waals surface area contributed by atoms with Gasteiger partial charge in [-0.15, -0.1) is 0 Å². The van der Waals surface area contributed by atoms with E-state index in [2.05, 4.69) is 132 Å². The number of furan rings is 1. The summed E-state index contributed by atoms with van der Waals surface area (Å²) < 4.78 is 9.13. The summed E-state index contributed by atoms with van der Waals surface area (Å²) in [7, 11) is 0. The fourth-order valence-electron chi connectivity index (χ4n) is 8.73. The van der Waals surface area contributed by atoms with Crippen molar-refractivity contribution in [2.45, 2.75) is 0 Å². The second-order valence-electron chi connectivity index (χ2n) is 14.8. The van der Waals surface area contributed by atoms with Gasteiger partial charge >= 0.3 is 0 Å². The smallest absolute Gasteiger partial charge is 0.164 e. The van der Waals surface area contributed by atoms with Crippen molar-refractivity contribution in [1.29, 1.82) is 0 Å². The first-order chi connectivity index (χ1) is 28.7. The highest BCUT2D eigenvalue weighted by Crippen LogP contribution is 2.44. The zero-order chi connectivity index (χ0) is 38.2. The van der Waals surface area contributed by atoms with Crippen LogP contribution in [-0.4, -0.2) is 19.5 Å². The molecule has 3 heterocycles. The van der Waals surface area contributed by atoms with Crippen LogP contribution in [0.15, 0.2) is 199 Å². The summed E-state index contributed by atoms with van der Waals surface area (Å²) >= 11 is 0. The van der Waals surface area contributed by atoms with E-state index in [1.165, 1.54) is 32.3 Å². The Hall–Kier alpha value is -7.89. The number of hydrogen-bond acceptors (Lipinski definition) is 4. The van der Waals surface area contributed by atoms with Crippen LogP contribution in [0.4, 0.5) is 0 Å². The number of rotatable bonds is 5. The lowest BCUT2D eigenvalue weighted by atomic mass is 10.00. The SMILES string of the molecule is c1ccc(-c2nc(-c3ccccc3)nc(-c3ccc(-c4cc(-n5c6ccc7ccccc7c6c6c7ccccc7ccc65)c5c(c4)oc4ccccc45)cc3)n2)cc1. The molecule has 0 fully saturated rings. The monoisotopic (exact) mass is 740 g/mol. The van der Waals surface area contributed by atoms with Crippen molar-refractivity contribution in [1.82, 2.24) is 19.5 Å². The molecule has 0 amide bonds. The molecule has 0 bridgehead atoms. The molecule has 0 aliphatic rings. The van der Waals surface area contributed by atoms with Crippen LogP contribution in [0.3, 0.4) is 0 Å². The summed E-state index contributed by atoms with van der Waals surface area (Å²) in [6.45, 7) is 0. The third-order valence-corrected chi connectivity index (χ3v) is 11.4. The van der Waals surface area contributed by atoms with Gasteiger partial charge in [-0.05, 0) is 63.0 Å². The number of hydrogen-bond donors (Lipinski definition) is 0. The Labute approximate surface area is 333 Å². The normalized spacial score (nSPS) is 11.8. The van der Waals surface area contributed by atoms with Crippen LogP contribution in [0.1, 0.15) is 0 Å². The molecule has 5 nitrogen and oxygen atoms in total. The van der Waals surface area contributed by atoms with Gasteiger partial charge in [0.05, 0.1) is 22.1 Å². The minimum atomic E-state index is 0.623. The van der Waals surface area contributed by atoms with Crippen LogP contribution in [0, 0.1) is 0 Å². The van der Waals surface area contributed by atoms with E-state index in [1.807, 2.05) is 66.7 Å². The molecule has 0 atom stereocenters. The summed E-state index contributed by atoms with van der Waals surface area (Å²) in [5.74, 6) is 1.90. The van der Waals surface area contributed by atoms with Gasteiger partial charge in [0, 0.05) is 32.8 Å². The first-order valence-electron chi connectivity index (χ1n) is 19.5. The Kier molecular flexibility index (Phi) is 7.16. The first kappa shape index (κ1) is 32.4. The average Bonchev–Trinajstić information content (AvgIpc) is 3.86. The fraction of sp³-hybridized carbons (Fsp3) is 0. The fourth-order valence-corrected chi connectivity index (χ4v) is 8.73. The van der Waals surface area contributed by atoms with Crippen LogP contribution >= 0.6 is 0 Å². The van der Waals surface area contributed by atoms with Crippen molar-refractivity contribution < 1.29 is 4.42 Å². The Morgan fingerprint density at radius 2 is 0.793 bits per heavy atom. The second kappa shape index (κ2) is 12.8. The molecular formula is C53H32N4O. The van der Waals surface area contributed by atoms with Crippen LogP contribution < -0.4 is 0 Å². The largest absolute Gasteiger partial charge is 0.456 e. The molecule has 12 aromatic rings. The molecule has 3 aromatic heterocycles. The van der Waals surface area contributed by atoms with Crippen molar-refractivity contribution in [3.8, 4) is 51.0 Å². The summed E-state index contributed by atoms with van der Waals surface area (Å²) in [5.41, 5.74) is 9.99. The van der Waals surface area contributed by atoms with Crippen LogP contribution in [0.5, 0.6) is 0 Å². The molecule has 0 radical (unpaired) electrons. The number of nitrogens with zero attached hydrogens (tertiary/aromatic N) is 4. The number of fused-ring (bicyclic) bond motifs is 10. The Balaban J connectivity index is 1.08. The highest BCUT2D eigenvalue weighted by Gasteiger charge is 2.22. The predicted octanol–water partition coefficient (Wildman–Crippen LogP) is 13.8. The molecule has 0 saturated carbocycles. The number of aromatic nitrogens is 4. The van der Waals surface area contributed by atoms with Gasteiger partial charge in [0.1, 0.15) is 11.2 Å². The molecule has 5 heteroatoms. The lowest BCUT2D eigenvalue weighted by Gasteiger charge is -2.13. The third-order valence-electron chi connectivity index (χ3n) is 11.4. The van der Waals surface area contributed by atoms with E-state index in [1.54, 1.807) is 0 Å². The zero-order valence-corrected chi connectivity index (χ0v) is 31.2. The molecule has 270 valence electrons. The lowest BCUT2D eigenvalue weighted by molar-refractivity contribution is 0.669. The predicted molar refractivity (Wildman–Crippen MR) is 238 cm³/mol. The molecule has 58 heavy (non-hydrogen) atoms. The highest BCUT2D eigenvalue weighted by atomic mass is 16.3. The van der Waals surface area contributed by atoms with E-state index in [4.69, 9.17) is 19.4 Å². The highest BCUT2D eigenvalue weighted by molar-refractivity contribution is 6.29. The molecule has 9 aromatic carbocycles. The van der Waals surface area contributed by atoms with E-state index in [9.17, 15) is 0 Å². The van der Waals surface area contributed by atoms with Gasteiger partial charge in [0.25, 0.3) is 0 Å². The maximum atomic E-state index is 6.68. The van der Waals surface area contributed by atoms with Crippen molar-refractivity contribution in [3.63, 3.8) is 0 Å². The summed E-state index contributed by atoms with van der Waals surface area (Å²) in [6, 6.07) is 68.0. The third kappa shape index (κ3) is 5.07. The van der Waals surface area contributed by atoms with E-state index < -0.39 is 0 Å². The summed E-state index contributed by atoms with van der Waals surface area (Å²) in [6.07, 6.45) is 0. The maximum absolute atomic E-state index is 6.68. The molecule has 0 spiro atoms. The number of para-hydroxylation sites is 1. The number of benzene rings is 9. The average molecular weight is 741 g/mol. The van der Waals surface area contributed by atoms with Gasteiger partial charge in [-0.2, -0.15) is 0 Å². The summed E-state index contributed by atoms with van der Waals surface area (Å²) in [5, 5.41) is 9.60. The van der Waals surface area contributed by atoms with Crippen molar-refractivity contribution in [2.75, 3.05) is 0 Å². The van der Waals surface area contributed by atoms with Gasteiger partial charge in [-0.3, -0.25) is 0 Å². The van der Waals surface area contributed by atoms with E-state index in [0.717, 1.165) is 66.5 Å². The molecule has 0 aliphatic heterocycles. The Bertz CT molecular complexity index is 3400. The quantitative estimate of drug-likeness (QED) is 0.176. The summed E-state index contributed by atoms with van der Waals surface area (Å²) in [4.78, 5) is 14.8. The van der Waals surface area contributed by atoms with Crippen LogP contribution in [0.2, 0.25) is 0 Å². The van der Waals surface area contributed by atoms with Crippen molar-refractivity contribution >= 4 is 65.3 Å². The van der Waals surface area contributed by atoms with Gasteiger partial charge < -0.3 is 8.98 Å². The van der Waals surface area contributed by atoms with E-state index in [0.29, 0.717) is 17.5 Å². The minimum Gasteiger partial charge on any atom is -0.456 e. The van der Waals surface area contributed by atoms with E-state index >= 15 is 0 Å². The maximum Gasteiger partial charge on any atom is 0.164 e.